The molecule has 0 spiro atoms. The predicted octanol–water partition coefficient (Wildman–Crippen LogP) is 6.40. The van der Waals surface area contributed by atoms with E-state index in [1.807, 2.05) is 17.7 Å². The molecule has 54 heavy (non-hydrogen) atoms. The van der Waals surface area contributed by atoms with Crippen LogP contribution in [0.3, 0.4) is 0 Å². The van der Waals surface area contributed by atoms with Crippen molar-refractivity contribution >= 4 is 49.8 Å². The molecule has 0 fully saturated rings. The number of nitrogens with zero attached hydrogens (tertiary/aromatic N) is 3. The molecule has 0 aliphatic carbocycles. The van der Waals surface area contributed by atoms with Crippen molar-refractivity contribution in [1.82, 2.24) is 29.3 Å². The molecule has 2 aromatic heterocycles. The maximum Gasteiger partial charge on any atom is 0.316 e. The van der Waals surface area contributed by atoms with Gasteiger partial charge in [0, 0.05) is 23.2 Å². The van der Waals surface area contributed by atoms with Gasteiger partial charge in [0.2, 0.25) is 10.0 Å². The molecule has 4 N–H and O–H groups in total. The molecule has 298 valence electrons. The van der Waals surface area contributed by atoms with E-state index in [4.69, 9.17) is 13.1 Å². The maximum absolute atomic E-state index is 13.2. The molecule has 4 rings (SSSR count). The van der Waals surface area contributed by atoms with Crippen LogP contribution in [-0.4, -0.2) is 54.9 Å². The number of fused-ring (bicyclic) bond motifs is 1. The highest BCUT2D eigenvalue weighted by Gasteiger charge is 2.26. The van der Waals surface area contributed by atoms with Gasteiger partial charge in [-0.2, -0.15) is 13.1 Å². The fourth-order valence-electron chi connectivity index (χ4n) is 5.47. The van der Waals surface area contributed by atoms with Crippen molar-refractivity contribution in [2.45, 2.75) is 117 Å². The molecule has 0 saturated carbocycles. The van der Waals surface area contributed by atoms with E-state index >= 15 is 0 Å². The fourth-order valence-corrected chi connectivity index (χ4v) is 7.34. The van der Waals surface area contributed by atoms with E-state index in [-0.39, 0.29) is 29.1 Å². The zero-order chi connectivity index (χ0) is 39.5. The molecular formula is C36H53N7O8S3. The van der Waals surface area contributed by atoms with E-state index in [1.54, 1.807) is 47.8 Å². The Balaban J connectivity index is 1.37. The second-order valence-corrected chi connectivity index (χ2v) is 17.8. The highest BCUT2D eigenvalue weighted by atomic mass is 32.2. The summed E-state index contributed by atoms with van der Waals surface area (Å²) in [6, 6.07) is 12.7. The number of aryl methyl sites for hydroxylation is 1. The number of carbonyl (C=O) groups excluding carboxylic acids is 1. The quantitative estimate of drug-likeness (QED) is 0.0646. The Kier molecular flexibility index (Phi) is 15.5. The predicted molar refractivity (Wildman–Crippen MR) is 211 cm³/mol. The van der Waals surface area contributed by atoms with Crippen LogP contribution in [-0.2, 0) is 42.8 Å². The molecule has 0 saturated heterocycles. The number of hydrogen-bond donors (Lipinski definition) is 4. The van der Waals surface area contributed by atoms with Gasteiger partial charge in [-0.1, -0.05) is 84.8 Å². The Labute approximate surface area is 323 Å². The van der Waals surface area contributed by atoms with Crippen molar-refractivity contribution in [2.24, 2.45) is 0 Å². The Bertz CT molecular complexity index is 2010. The molecule has 4 unspecified atom stereocenters. The number of aromatic amines is 1. The number of carbonyl (C=O) groups is 1. The molecule has 15 nitrogen and oxygen atoms in total. The van der Waals surface area contributed by atoms with Crippen LogP contribution in [0, 0.1) is 6.92 Å². The van der Waals surface area contributed by atoms with Crippen molar-refractivity contribution < 1.29 is 34.7 Å². The first-order chi connectivity index (χ1) is 25.5. The third-order valence-electron chi connectivity index (χ3n) is 8.33. The van der Waals surface area contributed by atoms with Crippen LogP contribution in [0.15, 0.2) is 48.5 Å². The zero-order valence-corrected chi connectivity index (χ0v) is 34.4. The van der Waals surface area contributed by atoms with Crippen LogP contribution in [0.5, 0.6) is 17.2 Å². The average molecular weight is 808 g/mol. The topological polar surface area (TPSA) is 195 Å². The van der Waals surface area contributed by atoms with Crippen molar-refractivity contribution in [3.8, 4) is 17.2 Å². The lowest BCUT2D eigenvalue weighted by atomic mass is 9.93. The summed E-state index contributed by atoms with van der Waals surface area (Å²) in [4.78, 5) is 13.0. The number of ether oxygens (including phenoxy) is 1. The van der Waals surface area contributed by atoms with Crippen LogP contribution in [0.4, 0.5) is 5.69 Å². The second kappa shape index (κ2) is 19.5. The van der Waals surface area contributed by atoms with Crippen LogP contribution in [0.1, 0.15) is 116 Å². The highest BCUT2D eigenvalue weighted by Crippen LogP contribution is 2.31. The van der Waals surface area contributed by atoms with E-state index in [2.05, 4.69) is 52.4 Å². The van der Waals surface area contributed by atoms with Crippen molar-refractivity contribution in [3.05, 3.63) is 65.6 Å². The zero-order valence-electron chi connectivity index (χ0n) is 32.0. The molecule has 0 aliphatic rings. The standard InChI is InChI=1S/C36H53N7O8S3/c1-8-9-10-11-12-13-14-15-19-30(35(44)42-54(7,47)48)49-29-21-20-25(2)22-31(29)51-53(46)41-27-17-16-18-28(23-27)50-52(45)40-26(3)34-38-37-33-24-32(36(4,5)6)39-43(33)34/h16-18,20-24,26,30,39-41H,8-15,19H2,1-7H3,(H,42,44). The van der Waals surface area contributed by atoms with Gasteiger partial charge in [-0.15, -0.1) is 10.2 Å². The number of rotatable bonds is 22. The molecule has 0 aliphatic heterocycles. The van der Waals surface area contributed by atoms with Crippen LogP contribution >= 0.6 is 0 Å². The normalized spacial score (nSPS) is 14.3. The maximum atomic E-state index is 13.2. The van der Waals surface area contributed by atoms with Crippen molar-refractivity contribution in [1.29, 1.82) is 0 Å². The molecule has 1 amide bonds. The Morgan fingerprint density at radius 1 is 0.926 bits per heavy atom. The molecular weight excluding hydrogens is 755 g/mol. The number of aromatic nitrogens is 4. The highest BCUT2D eigenvalue weighted by molar-refractivity contribution is 7.89. The summed E-state index contributed by atoms with van der Waals surface area (Å²) >= 11 is -4.14. The monoisotopic (exact) mass is 807 g/mol. The van der Waals surface area contributed by atoms with Gasteiger partial charge < -0.3 is 13.1 Å². The Hall–Kier alpha value is -4.00. The van der Waals surface area contributed by atoms with Crippen molar-refractivity contribution in [3.63, 3.8) is 0 Å². The first-order valence-electron chi connectivity index (χ1n) is 18.1. The van der Waals surface area contributed by atoms with Gasteiger partial charge in [-0.05, 0) is 56.5 Å². The summed E-state index contributed by atoms with van der Waals surface area (Å²) in [5.74, 6) is 0.153. The van der Waals surface area contributed by atoms with Gasteiger partial charge in [-0.3, -0.25) is 19.3 Å². The average Bonchev–Trinajstić information content (AvgIpc) is 3.68. The van der Waals surface area contributed by atoms with Crippen molar-refractivity contribution in [2.75, 3.05) is 11.0 Å². The van der Waals surface area contributed by atoms with E-state index in [0.29, 0.717) is 23.6 Å². The first-order valence-corrected chi connectivity index (χ1v) is 22.1. The molecule has 0 radical (unpaired) electrons. The lowest BCUT2D eigenvalue weighted by molar-refractivity contribution is -0.126. The van der Waals surface area contributed by atoms with E-state index < -0.39 is 50.6 Å². The number of nitrogens with one attached hydrogen (secondary N) is 4. The Morgan fingerprint density at radius 2 is 1.63 bits per heavy atom. The lowest BCUT2D eigenvalue weighted by Gasteiger charge is -2.20. The SMILES string of the molecule is CCCCCCCCCCC(Oc1ccc(C)cc1OS(=O)Nc1cccc(OS(=O)NC(C)c2nnc3cc(C(C)(C)C)[nH]n23)c1)C(=O)NS(C)(=O)=O. The third kappa shape index (κ3) is 13.4. The number of amides is 1. The third-order valence-corrected chi connectivity index (χ3v) is 10.5. The fraction of sp³-hybridized carbons (Fsp3) is 0.528. The van der Waals surface area contributed by atoms with Gasteiger partial charge in [0.05, 0.1) is 18.0 Å². The minimum absolute atomic E-state index is 0.0832. The van der Waals surface area contributed by atoms with Crippen LogP contribution < -0.4 is 27.3 Å². The summed E-state index contributed by atoms with van der Waals surface area (Å²) in [7, 11) is -3.83. The number of H-pyrrole nitrogens is 1. The number of anilines is 1. The van der Waals surface area contributed by atoms with Crippen LogP contribution in [0.2, 0.25) is 0 Å². The molecule has 2 aromatic carbocycles. The summed E-state index contributed by atoms with van der Waals surface area (Å²) in [6.45, 7) is 12.0. The van der Waals surface area contributed by atoms with E-state index in [0.717, 1.165) is 43.2 Å². The van der Waals surface area contributed by atoms with Gasteiger partial charge in [0.1, 0.15) is 5.75 Å². The van der Waals surface area contributed by atoms with Crippen LogP contribution in [0.25, 0.3) is 5.65 Å². The van der Waals surface area contributed by atoms with Gasteiger partial charge in [0.25, 0.3) is 17.2 Å². The van der Waals surface area contributed by atoms with E-state index in [9.17, 15) is 21.6 Å². The summed E-state index contributed by atoms with van der Waals surface area (Å²) < 4.78 is 76.7. The van der Waals surface area contributed by atoms with Gasteiger partial charge >= 0.3 is 11.3 Å². The van der Waals surface area contributed by atoms with E-state index in [1.165, 1.54) is 25.3 Å². The largest absolute Gasteiger partial charge is 0.477 e. The molecule has 18 heteroatoms. The molecule has 4 atom stereocenters. The van der Waals surface area contributed by atoms with Gasteiger partial charge in [0.15, 0.2) is 29.1 Å². The smallest absolute Gasteiger partial charge is 0.316 e. The minimum Gasteiger partial charge on any atom is -0.477 e. The second-order valence-electron chi connectivity index (χ2n) is 14.3. The molecule has 4 aromatic rings. The Morgan fingerprint density at radius 3 is 2.31 bits per heavy atom. The lowest BCUT2D eigenvalue weighted by Crippen LogP contribution is -2.41. The first kappa shape index (κ1) is 42.7. The number of hydrogen-bond acceptors (Lipinski definition) is 10. The summed E-state index contributed by atoms with van der Waals surface area (Å²) in [5, 5.41) is 11.7. The molecule has 2 heterocycles. The minimum atomic E-state index is -3.83. The molecule has 0 bridgehead atoms. The van der Waals surface area contributed by atoms with Gasteiger partial charge in [-0.25, -0.2) is 12.9 Å². The summed E-state index contributed by atoms with van der Waals surface area (Å²) in [6.07, 6.45) is 8.42. The number of unbranched alkanes of at least 4 members (excludes halogenated alkanes) is 7. The summed E-state index contributed by atoms with van der Waals surface area (Å²) in [5.41, 5.74) is 2.60. The number of benzene rings is 2. The number of sulfonamides is 1.